The Morgan fingerprint density at radius 2 is 1.83 bits per heavy atom. The summed E-state index contributed by atoms with van der Waals surface area (Å²) in [7, 11) is -4.75. The molecule has 0 aliphatic carbocycles. The topological polar surface area (TPSA) is 172 Å². The highest BCUT2D eigenvalue weighted by Crippen LogP contribution is 2.36. The van der Waals surface area contributed by atoms with Crippen LogP contribution in [0.4, 0.5) is 31.9 Å². The number of carbonyl (C=O) groups excluding carboxylic acids is 1. The van der Waals surface area contributed by atoms with Gasteiger partial charge in [-0.3, -0.25) is 29.3 Å². The first-order chi connectivity index (χ1) is 17.1. The average molecular weight is 526 g/mol. The van der Waals surface area contributed by atoms with Crippen LogP contribution in [0.1, 0.15) is 0 Å². The van der Waals surface area contributed by atoms with Crippen molar-refractivity contribution >= 4 is 39.0 Å². The third kappa shape index (κ3) is 5.05. The Morgan fingerprint density at radius 3 is 2.50 bits per heavy atom. The molecule has 14 nitrogen and oxygen atoms in total. The van der Waals surface area contributed by atoms with Gasteiger partial charge in [0.05, 0.1) is 47.0 Å². The predicted octanol–water partition coefficient (Wildman–Crippen LogP) is 2.21. The van der Waals surface area contributed by atoms with Crippen molar-refractivity contribution in [1.29, 1.82) is 0 Å². The van der Waals surface area contributed by atoms with Crippen molar-refractivity contribution in [2.75, 3.05) is 49.3 Å². The highest BCUT2D eigenvalue weighted by Gasteiger charge is 2.37. The number of nitro groups is 2. The second-order valence-electron chi connectivity index (χ2n) is 7.73. The maximum atomic E-state index is 14.7. The van der Waals surface area contributed by atoms with Gasteiger partial charge < -0.3 is 14.4 Å². The van der Waals surface area contributed by atoms with Crippen LogP contribution in [0, 0.1) is 26.0 Å². The van der Waals surface area contributed by atoms with Crippen molar-refractivity contribution in [2.45, 2.75) is 11.0 Å². The van der Waals surface area contributed by atoms with Gasteiger partial charge in [-0.15, -0.1) is 0 Å². The normalized spacial score (nSPS) is 18.2. The largest absolute Gasteiger partial charge is 0.441 e. The van der Waals surface area contributed by atoms with E-state index in [9.17, 15) is 37.8 Å². The molecule has 36 heavy (non-hydrogen) atoms. The fourth-order valence-electron chi connectivity index (χ4n) is 3.83. The summed E-state index contributed by atoms with van der Waals surface area (Å²) in [5.41, 5.74) is -1.32. The van der Waals surface area contributed by atoms with Gasteiger partial charge in [-0.05, 0) is 18.2 Å². The lowest BCUT2D eigenvalue weighted by atomic mass is 10.2. The van der Waals surface area contributed by atoms with Crippen LogP contribution in [0.3, 0.4) is 0 Å². The molecular formula is C20H19FN4O10S. The SMILES string of the molecule is O=C1OC(COS(=O)(=O)c2ccc([N+](=O)[O-])cc2[N+](=O)[O-])CN1c1cccc(F)c1N1CCOCC1. The summed E-state index contributed by atoms with van der Waals surface area (Å²) in [4.78, 5) is 34.7. The molecule has 16 heteroatoms. The summed E-state index contributed by atoms with van der Waals surface area (Å²) in [5.74, 6) is -0.560. The summed E-state index contributed by atoms with van der Waals surface area (Å²) in [6.45, 7) is 0.673. The van der Waals surface area contributed by atoms with Gasteiger partial charge in [0.1, 0.15) is 18.5 Å². The number of para-hydroxylation sites is 1. The summed E-state index contributed by atoms with van der Waals surface area (Å²) in [5, 5.41) is 22.2. The molecule has 2 saturated heterocycles. The maximum absolute atomic E-state index is 14.7. The molecule has 2 heterocycles. The van der Waals surface area contributed by atoms with Crippen LogP contribution in [-0.2, 0) is 23.8 Å². The lowest BCUT2D eigenvalue weighted by Crippen LogP contribution is -2.38. The van der Waals surface area contributed by atoms with E-state index < -0.39 is 60.9 Å². The van der Waals surface area contributed by atoms with Crippen LogP contribution in [-0.4, -0.2) is 69.9 Å². The van der Waals surface area contributed by atoms with E-state index in [1.54, 1.807) is 4.90 Å². The minimum Gasteiger partial charge on any atom is -0.441 e. The highest BCUT2D eigenvalue weighted by molar-refractivity contribution is 7.87. The van der Waals surface area contributed by atoms with Crippen LogP contribution in [0.15, 0.2) is 41.3 Å². The van der Waals surface area contributed by atoms with Gasteiger partial charge in [-0.2, -0.15) is 8.42 Å². The molecule has 192 valence electrons. The van der Waals surface area contributed by atoms with E-state index in [0.29, 0.717) is 38.4 Å². The molecule has 0 radical (unpaired) electrons. The maximum Gasteiger partial charge on any atom is 0.414 e. The number of anilines is 2. The second-order valence-corrected chi connectivity index (χ2v) is 9.31. The Balaban J connectivity index is 1.51. The third-order valence-corrected chi connectivity index (χ3v) is 6.82. The number of morpholine rings is 1. The number of benzene rings is 2. The van der Waals surface area contributed by atoms with Crippen molar-refractivity contribution in [3.05, 3.63) is 62.4 Å². The first-order valence-corrected chi connectivity index (χ1v) is 11.9. The fourth-order valence-corrected chi connectivity index (χ4v) is 4.91. The van der Waals surface area contributed by atoms with Gasteiger partial charge in [0.2, 0.25) is 0 Å². The predicted molar refractivity (Wildman–Crippen MR) is 120 cm³/mol. The summed E-state index contributed by atoms with van der Waals surface area (Å²) < 4.78 is 55.3. The Kier molecular flexibility index (Phi) is 7.00. The number of halogens is 1. The number of non-ortho nitro benzene ring substituents is 1. The van der Waals surface area contributed by atoms with E-state index >= 15 is 0 Å². The van der Waals surface area contributed by atoms with Crippen molar-refractivity contribution in [3.63, 3.8) is 0 Å². The molecular weight excluding hydrogens is 507 g/mol. The van der Waals surface area contributed by atoms with E-state index in [4.69, 9.17) is 13.7 Å². The van der Waals surface area contributed by atoms with Crippen LogP contribution in [0.2, 0.25) is 0 Å². The number of ether oxygens (including phenoxy) is 2. The van der Waals surface area contributed by atoms with E-state index in [1.807, 2.05) is 0 Å². The van der Waals surface area contributed by atoms with Gasteiger partial charge in [-0.1, -0.05) is 6.07 Å². The number of hydrogen-bond donors (Lipinski definition) is 0. The van der Waals surface area contributed by atoms with E-state index in [2.05, 4.69) is 0 Å². The third-order valence-electron chi connectivity index (χ3n) is 5.49. The van der Waals surface area contributed by atoms with Gasteiger partial charge in [0, 0.05) is 19.2 Å². The fraction of sp³-hybridized carbons (Fsp3) is 0.350. The Hall–Kier alpha value is -3.89. The zero-order valence-electron chi connectivity index (χ0n) is 18.4. The average Bonchev–Trinajstić information content (AvgIpc) is 3.23. The molecule has 0 spiro atoms. The highest BCUT2D eigenvalue weighted by atomic mass is 32.2. The second kappa shape index (κ2) is 10.00. The Morgan fingerprint density at radius 1 is 1.11 bits per heavy atom. The molecule has 0 bridgehead atoms. The minimum absolute atomic E-state index is 0.174. The number of amides is 1. The standard InChI is InChI=1S/C20H19FN4O10S/c21-15-2-1-3-16(19(15)22-6-8-33-9-7-22)23-11-14(35-20(23)26)12-34-36(31,32)18-5-4-13(24(27)28)10-17(18)25(29)30/h1-5,10,14H,6-9,11-12H2. The molecule has 1 unspecified atom stereocenters. The zero-order valence-corrected chi connectivity index (χ0v) is 19.3. The lowest BCUT2D eigenvalue weighted by Gasteiger charge is -2.32. The molecule has 0 aromatic heterocycles. The molecule has 4 rings (SSSR count). The van der Waals surface area contributed by atoms with Crippen molar-refractivity contribution in [2.24, 2.45) is 0 Å². The van der Waals surface area contributed by atoms with Crippen molar-refractivity contribution < 1.29 is 41.1 Å². The zero-order chi connectivity index (χ0) is 26.0. The van der Waals surface area contributed by atoms with Crippen LogP contribution >= 0.6 is 0 Å². The first-order valence-electron chi connectivity index (χ1n) is 10.5. The molecule has 2 aromatic carbocycles. The number of carbonyl (C=O) groups is 1. The summed E-state index contributed by atoms with van der Waals surface area (Å²) in [6, 6.07) is 6.18. The molecule has 2 fully saturated rings. The van der Waals surface area contributed by atoms with Crippen molar-refractivity contribution in [3.8, 4) is 0 Å². The number of hydrogen-bond acceptors (Lipinski definition) is 11. The quantitative estimate of drug-likeness (QED) is 0.280. The van der Waals surface area contributed by atoms with Crippen LogP contribution in [0.5, 0.6) is 0 Å². The Labute approximate surface area is 203 Å². The number of nitrogens with zero attached hydrogens (tertiary/aromatic N) is 4. The molecule has 0 saturated carbocycles. The van der Waals surface area contributed by atoms with Crippen LogP contribution in [0.25, 0.3) is 0 Å². The van der Waals surface area contributed by atoms with Crippen LogP contribution < -0.4 is 9.80 Å². The van der Waals surface area contributed by atoms with Gasteiger partial charge >= 0.3 is 16.2 Å². The molecule has 0 N–H and O–H groups in total. The lowest BCUT2D eigenvalue weighted by molar-refractivity contribution is -0.396. The van der Waals surface area contributed by atoms with E-state index in [-0.39, 0.29) is 17.9 Å². The minimum atomic E-state index is -4.75. The first kappa shape index (κ1) is 25.2. The number of rotatable bonds is 8. The molecule has 2 aliphatic rings. The molecule has 2 aromatic rings. The smallest absolute Gasteiger partial charge is 0.414 e. The molecule has 2 aliphatic heterocycles. The van der Waals surface area contributed by atoms with E-state index in [1.165, 1.54) is 18.2 Å². The summed E-state index contributed by atoms with van der Waals surface area (Å²) >= 11 is 0. The van der Waals surface area contributed by atoms with E-state index in [0.717, 1.165) is 11.0 Å². The monoisotopic (exact) mass is 526 g/mol. The van der Waals surface area contributed by atoms with Gasteiger partial charge in [0.25, 0.3) is 11.4 Å². The van der Waals surface area contributed by atoms with Gasteiger partial charge in [0.15, 0.2) is 4.90 Å². The molecule has 1 atom stereocenters. The van der Waals surface area contributed by atoms with Gasteiger partial charge in [-0.25, -0.2) is 9.18 Å². The molecule has 1 amide bonds. The van der Waals surface area contributed by atoms with Crippen molar-refractivity contribution in [1.82, 2.24) is 0 Å². The number of nitro benzene ring substituents is 2. The number of cyclic esters (lactones) is 1. The Bertz CT molecular complexity index is 1320. The summed E-state index contributed by atoms with van der Waals surface area (Å²) in [6.07, 6.45) is -1.97.